The third kappa shape index (κ3) is 0.806. The van der Waals surface area contributed by atoms with E-state index in [1.54, 1.807) is 0 Å². The molecular weight excluding hydrogens is 136 g/mol. The van der Waals surface area contributed by atoms with Gasteiger partial charge in [0.2, 0.25) is 0 Å². The summed E-state index contributed by atoms with van der Waals surface area (Å²) in [5, 5.41) is 9.01. The van der Waals surface area contributed by atoms with E-state index in [1.165, 1.54) is 6.92 Å². The number of carbonyl (C=O) groups excluding carboxylic acids is 2. The summed E-state index contributed by atoms with van der Waals surface area (Å²) in [5.41, 5.74) is -1.03. The average molecular weight is 144 g/mol. The van der Waals surface area contributed by atoms with Gasteiger partial charge >= 0.3 is 5.97 Å². The van der Waals surface area contributed by atoms with E-state index < -0.39 is 17.5 Å². The maximum absolute atomic E-state index is 10.5. The van der Waals surface area contributed by atoms with Crippen LogP contribution in [0.5, 0.6) is 0 Å². The fourth-order valence-corrected chi connectivity index (χ4v) is 0.752. The number of esters is 1. The molecule has 2 atom stereocenters. The van der Waals surface area contributed by atoms with Crippen LogP contribution < -0.4 is 0 Å². The maximum atomic E-state index is 10.5. The van der Waals surface area contributed by atoms with Gasteiger partial charge in [0.05, 0.1) is 5.41 Å². The third-order valence-electron chi connectivity index (χ3n) is 1.64. The van der Waals surface area contributed by atoms with E-state index in [9.17, 15) is 9.59 Å². The van der Waals surface area contributed by atoms with Crippen LogP contribution in [0.25, 0.3) is 0 Å². The predicted octanol–water partition coefficient (Wildman–Crippen LogP) is -0.891. The zero-order valence-electron chi connectivity index (χ0n) is 5.53. The van der Waals surface area contributed by atoms with E-state index in [-0.39, 0.29) is 6.61 Å². The minimum Gasteiger partial charge on any atom is -0.463 e. The van der Waals surface area contributed by atoms with E-state index in [1.807, 2.05) is 0 Å². The second-order valence-corrected chi connectivity index (χ2v) is 2.63. The van der Waals surface area contributed by atoms with Crippen molar-refractivity contribution in [3.63, 3.8) is 0 Å². The van der Waals surface area contributed by atoms with Gasteiger partial charge < -0.3 is 14.6 Å². The van der Waals surface area contributed by atoms with Crippen molar-refractivity contribution in [1.29, 1.82) is 0 Å². The molecule has 1 rings (SSSR count). The second-order valence-electron chi connectivity index (χ2n) is 2.63. The van der Waals surface area contributed by atoms with Gasteiger partial charge in [0.15, 0.2) is 6.10 Å². The molecule has 56 valence electrons. The predicted molar refractivity (Wildman–Crippen MR) is 31.1 cm³/mol. The van der Waals surface area contributed by atoms with Gasteiger partial charge in [0, 0.05) is 0 Å². The van der Waals surface area contributed by atoms with Crippen LogP contribution in [0, 0.1) is 5.41 Å². The highest BCUT2D eigenvalue weighted by Crippen LogP contribution is 2.26. The Kier molecular flexibility index (Phi) is 1.48. The van der Waals surface area contributed by atoms with E-state index in [2.05, 4.69) is 4.74 Å². The molecule has 1 saturated heterocycles. The van der Waals surface area contributed by atoms with Gasteiger partial charge in [-0.05, 0) is 6.92 Å². The number of hydrogen-bond donors (Lipinski definition) is 1. The third-order valence-corrected chi connectivity index (χ3v) is 1.64. The SMILES string of the molecule is CC1(C=O)COC(=O)C1O. The van der Waals surface area contributed by atoms with Crippen LogP contribution in [-0.4, -0.2) is 30.1 Å². The molecule has 0 aromatic rings. The second kappa shape index (κ2) is 2.05. The van der Waals surface area contributed by atoms with Gasteiger partial charge in [-0.2, -0.15) is 0 Å². The Bertz CT molecular complexity index is 177. The van der Waals surface area contributed by atoms with E-state index in [0.717, 1.165) is 0 Å². The molecule has 0 amide bonds. The number of ether oxygens (including phenoxy) is 1. The van der Waals surface area contributed by atoms with Crippen molar-refractivity contribution in [3.8, 4) is 0 Å². The fraction of sp³-hybridized carbons (Fsp3) is 0.667. The van der Waals surface area contributed by atoms with Crippen LogP contribution in [0.4, 0.5) is 0 Å². The van der Waals surface area contributed by atoms with Crippen LogP contribution in [0.15, 0.2) is 0 Å². The molecule has 2 unspecified atom stereocenters. The number of aliphatic hydroxyl groups is 1. The van der Waals surface area contributed by atoms with Crippen molar-refractivity contribution in [2.75, 3.05) is 6.61 Å². The van der Waals surface area contributed by atoms with Gasteiger partial charge in [-0.1, -0.05) is 0 Å². The zero-order chi connectivity index (χ0) is 7.78. The molecule has 1 heterocycles. The van der Waals surface area contributed by atoms with Crippen LogP contribution in [0.2, 0.25) is 0 Å². The number of carbonyl (C=O) groups is 2. The summed E-state index contributed by atoms with van der Waals surface area (Å²) < 4.78 is 4.45. The quantitative estimate of drug-likeness (QED) is 0.383. The molecule has 0 bridgehead atoms. The molecule has 0 spiro atoms. The summed E-state index contributed by atoms with van der Waals surface area (Å²) in [6, 6.07) is 0. The summed E-state index contributed by atoms with van der Waals surface area (Å²) in [5.74, 6) is -0.713. The Morgan fingerprint density at radius 3 is 2.70 bits per heavy atom. The molecule has 0 aromatic carbocycles. The van der Waals surface area contributed by atoms with Crippen molar-refractivity contribution in [3.05, 3.63) is 0 Å². The highest BCUT2D eigenvalue weighted by molar-refractivity contribution is 5.83. The first-order valence-electron chi connectivity index (χ1n) is 2.91. The molecule has 4 nitrogen and oxygen atoms in total. The lowest BCUT2D eigenvalue weighted by Crippen LogP contribution is -2.33. The van der Waals surface area contributed by atoms with Gasteiger partial charge in [0.25, 0.3) is 0 Å². The standard InChI is InChI=1S/C6H8O4/c1-6(2-7)3-10-5(9)4(6)8/h2,4,8H,3H2,1H3. The van der Waals surface area contributed by atoms with Crippen LogP contribution >= 0.6 is 0 Å². The van der Waals surface area contributed by atoms with Gasteiger partial charge in [0.1, 0.15) is 12.9 Å². The van der Waals surface area contributed by atoms with Gasteiger partial charge in [-0.25, -0.2) is 4.79 Å². The van der Waals surface area contributed by atoms with Crippen LogP contribution in [0.1, 0.15) is 6.92 Å². The number of cyclic esters (lactones) is 1. The molecule has 1 N–H and O–H groups in total. The van der Waals surface area contributed by atoms with Crippen LogP contribution in [0.3, 0.4) is 0 Å². The largest absolute Gasteiger partial charge is 0.463 e. The summed E-state index contributed by atoms with van der Waals surface area (Å²) in [7, 11) is 0. The molecule has 1 fully saturated rings. The first kappa shape index (κ1) is 7.21. The van der Waals surface area contributed by atoms with E-state index in [0.29, 0.717) is 6.29 Å². The molecule has 0 aromatic heterocycles. The fourth-order valence-electron chi connectivity index (χ4n) is 0.752. The normalized spacial score (nSPS) is 39.4. The van der Waals surface area contributed by atoms with Crippen LogP contribution in [-0.2, 0) is 14.3 Å². The van der Waals surface area contributed by atoms with Crippen molar-refractivity contribution in [2.24, 2.45) is 5.41 Å². The van der Waals surface area contributed by atoms with Crippen molar-refractivity contribution < 1.29 is 19.4 Å². The lowest BCUT2D eigenvalue weighted by atomic mass is 9.89. The number of rotatable bonds is 1. The smallest absolute Gasteiger partial charge is 0.336 e. The van der Waals surface area contributed by atoms with Crippen molar-refractivity contribution >= 4 is 12.3 Å². The van der Waals surface area contributed by atoms with E-state index in [4.69, 9.17) is 5.11 Å². The molecule has 10 heavy (non-hydrogen) atoms. The molecular formula is C6H8O4. The first-order valence-corrected chi connectivity index (χ1v) is 2.91. The summed E-state index contributed by atoms with van der Waals surface area (Å²) in [6.07, 6.45) is -0.743. The summed E-state index contributed by atoms with van der Waals surface area (Å²) >= 11 is 0. The number of aldehydes is 1. The molecule has 0 saturated carbocycles. The lowest BCUT2D eigenvalue weighted by molar-refractivity contribution is -0.145. The molecule has 0 radical (unpaired) electrons. The Balaban J connectivity index is 2.82. The lowest BCUT2D eigenvalue weighted by Gasteiger charge is -2.13. The number of aliphatic hydroxyl groups excluding tert-OH is 1. The highest BCUT2D eigenvalue weighted by atomic mass is 16.6. The zero-order valence-corrected chi connectivity index (χ0v) is 5.53. The molecule has 1 aliphatic heterocycles. The highest BCUT2D eigenvalue weighted by Gasteiger charge is 2.46. The number of hydrogen-bond acceptors (Lipinski definition) is 4. The Labute approximate surface area is 57.8 Å². The Hall–Kier alpha value is -0.900. The Morgan fingerprint density at radius 1 is 1.90 bits per heavy atom. The van der Waals surface area contributed by atoms with E-state index >= 15 is 0 Å². The molecule has 1 aliphatic rings. The summed E-state index contributed by atoms with van der Waals surface area (Å²) in [6.45, 7) is 1.46. The maximum Gasteiger partial charge on any atom is 0.336 e. The minimum atomic E-state index is -1.29. The topological polar surface area (TPSA) is 63.6 Å². The minimum absolute atomic E-state index is 0.0174. The molecule has 4 heteroatoms. The van der Waals surface area contributed by atoms with Crippen molar-refractivity contribution in [1.82, 2.24) is 0 Å². The van der Waals surface area contributed by atoms with Gasteiger partial charge in [-0.15, -0.1) is 0 Å². The molecule has 0 aliphatic carbocycles. The Morgan fingerprint density at radius 2 is 2.50 bits per heavy atom. The summed E-state index contributed by atoms with van der Waals surface area (Å²) in [4.78, 5) is 20.8. The van der Waals surface area contributed by atoms with Crippen molar-refractivity contribution in [2.45, 2.75) is 13.0 Å². The monoisotopic (exact) mass is 144 g/mol. The first-order chi connectivity index (χ1) is 4.60. The van der Waals surface area contributed by atoms with Gasteiger partial charge in [-0.3, -0.25) is 0 Å². The average Bonchev–Trinajstić information content (AvgIpc) is 2.19.